The summed E-state index contributed by atoms with van der Waals surface area (Å²) in [5.41, 5.74) is 15.0. The second-order valence-electron chi connectivity index (χ2n) is 14.6. The zero-order valence-corrected chi connectivity index (χ0v) is 31.2. The molecule has 0 fully saturated rings. The molecule has 268 valence electrons. The van der Waals surface area contributed by atoms with Crippen molar-refractivity contribution in [3.05, 3.63) is 224 Å². The molecule has 0 spiro atoms. The minimum Gasteiger partial charge on any atom is -0.309 e. The molecule has 0 saturated heterocycles. The smallest absolute Gasteiger partial charge is 0.0782 e. The Kier molecular flexibility index (Phi) is 7.82. The molecule has 0 radical (unpaired) electrons. The van der Waals surface area contributed by atoms with E-state index in [0.717, 1.165) is 39.5 Å². The zero-order chi connectivity index (χ0) is 37.7. The summed E-state index contributed by atoms with van der Waals surface area (Å²) in [6, 6.07) is 81.2. The van der Waals surface area contributed by atoms with Gasteiger partial charge in [0, 0.05) is 44.3 Å². The van der Waals surface area contributed by atoms with Crippen LogP contribution in [-0.4, -0.2) is 9.13 Å². The number of nitrogens with zero attached hydrogens (tertiary/aromatic N) is 3. The highest BCUT2D eigenvalue weighted by Gasteiger charge is 2.23. The molecule has 3 heteroatoms. The molecule has 9 aromatic carbocycles. The van der Waals surface area contributed by atoms with Gasteiger partial charge in [0.15, 0.2) is 0 Å². The van der Waals surface area contributed by atoms with Crippen LogP contribution in [0.1, 0.15) is 0 Å². The van der Waals surface area contributed by atoms with Gasteiger partial charge in [0.25, 0.3) is 0 Å². The lowest BCUT2D eigenvalue weighted by Crippen LogP contribution is -2.12. The van der Waals surface area contributed by atoms with Crippen LogP contribution in [0.25, 0.3) is 77.2 Å². The predicted molar refractivity (Wildman–Crippen MR) is 241 cm³/mol. The number of aromatic nitrogens is 2. The van der Waals surface area contributed by atoms with Gasteiger partial charge in [0.05, 0.1) is 27.8 Å². The fourth-order valence-corrected chi connectivity index (χ4v) is 8.72. The standard InChI is InChI=1S/C54H37N3/c1-4-16-38(17-5-1)40-30-32-43(33-31-40)57-51-28-13-11-25-47(51)49-26-15-29-52(54(49)57)55(44-23-14-20-41(36-44)39-18-6-2-7-19-39)45-34-35-48-46-24-10-12-27-50(46)56(53(48)37-45)42-21-8-3-9-22-42/h1-37H. The van der Waals surface area contributed by atoms with Crippen LogP contribution in [0.4, 0.5) is 17.1 Å². The third kappa shape index (κ3) is 5.51. The van der Waals surface area contributed by atoms with Crippen molar-refractivity contribution >= 4 is 60.7 Å². The minimum atomic E-state index is 1.08. The molecule has 2 aromatic heterocycles. The number of rotatable bonds is 7. The van der Waals surface area contributed by atoms with Gasteiger partial charge >= 0.3 is 0 Å². The zero-order valence-electron chi connectivity index (χ0n) is 31.2. The Morgan fingerprint density at radius 1 is 0.281 bits per heavy atom. The van der Waals surface area contributed by atoms with E-state index < -0.39 is 0 Å². The van der Waals surface area contributed by atoms with Crippen molar-refractivity contribution < 1.29 is 0 Å². The Bertz CT molecular complexity index is 3210. The molecule has 0 N–H and O–H groups in total. The van der Waals surface area contributed by atoms with Gasteiger partial charge in [-0.2, -0.15) is 0 Å². The first-order valence-corrected chi connectivity index (χ1v) is 19.5. The lowest BCUT2D eigenvalue weighted by atomic mass is 10.0. The van der Waals surface area contributed by atoms with Gasteiger partial charge in [-0.15, -0.1) is 0 Å². The first-order chi connectivity index (χ1) is 28.3. The molecule has 0 atom stereocenters. The van der Waals surface area contributed by atoms with Crippen molar-refractivity contribution in [2.24, 2.45) is 0 Å². The van der Waals surface area contributed by atoms with E-state index in [4.69, 9.17) is 0 Å². The van der Waals surface area contributed by atoms with Crippen molar-refractivity contribution in [3.8, 4) is 33.6 Å². The van der Waals surface area contributed by atoms with Gasteiger partial charge in [-0.05, 0) is 89.0 Å². The number of hydrogen-bond acceptors (Lipinski definition) is 1. The monoisotopic (exact) mass is 727 g/mol. The maximum atomic E-state index is 2.45. The van der Waals surface area contributed by atoms with E-state index >= 15 is 0 Å². The molecule has 0 bridgehead atoms. The van der Waals surface area contributed by atoms with Crippen molar-refractivity contribution in [1.82, 2.24) is 9.13 Å². The molecule has 0 unspecified atom stereocenters. The molecule has 57 heavy (non-hydrogen) atoms. The molecule has 11 aromatic rings. The fourth-order valence-electron chi connectivity index (χ4n) is 8.72. The van der Waals surface area contributed by atoms with E-state index in [-0.39, 0.29) is 0 Å². The number of fused-ring (bicyclic) bond motifs is 6. The molecule has 3 nitrogen and oxygen atoms in total. The summed E-state index contributed by atoms with van der Waals surface area (Å²) in [7, 11) is 0. The fraction of sp³-hybridized carbons (Fsp3) is 0. The Balaban J connectivity index is 1.20. The predicted octanol–water partition coefficient (Wildman–Crippen LogP) is 14.7. The normalized spacial score (nSPS) is 11.5. The van der Waals surface area contributed by atoms with Crippen LogP contribution in [0.3, 0.4) is 0 Å². The van der Waals surface area contributed by atoms with E-state index in [2.05, 4.69) is 238 Å². The van der Waals surface area contributed by atoms with Gasteiger partial charge in [0.2, 0.25) is 0 Å². The lowest BCUT2D eigenvalue weighted by Gasteiger charge is -2.28. The van der Waals surface area contributed by atoms with Crippen LogP contribution in [0.15, 0.2) is 224 Å². The summed E-state index contributed by atoms with van der Waals surface area (Å²) in [6.07, 6.45) is 0. The Morgan fingerprint density at radius 3 is 1.49 bits per heavy atom. The van der Waals surface area contributed by atoms with Crippen molar-refractivity contribution in [1.29, 1.82) is 0 Å². The van der Waals surface area contributed by atoms with Crippen LogP contribution in [0.5, 0.6) is 0 Å². The molecule has 0 aliphatic carbocycles. The maximum Gasteiger partial charge on any atom is 0.0782 e. The van der Waals surface area contributed by atoms with Gasteiger partial charge < -0.3 is 14.0 Å². The Morgan fingerprint density at radius 2 is 0.772 bits per heavy atom. The highest BCUT2D eigenvalue weighted by molar-refractivity contribution is 6.15. The first kappa shape index (κ1) is 32.8. The van der Waals surface area contributed by atoms with Crippen LogP contribution >= 0.6 is 0 Å². The molecule has 0 aliphatic heterocycles. The maximum absolute atomic E-state index is 2.45. The third-order valence-electron chi connectivity index (χ3n) is 11.3. The first-order valence-electron chi connectivity index (χ1n) is 19.5. The summed E-state index contributed by atoms with van der Waals surface area (Å²) >= 11 is 0. The van der Waals surface area contributed by atoms with E-state index in [1.165, 1.54) is 54.8 Å². The summed E-state index contributed by atoms with van der Waals surface area (Å²) in [5, 5.41) is 4.89. The van der Waals surface area contributed by atoms with Crippen LogP contribution in [0.2, 0.25) is 0 Å². The van der Waals surface area contributed by atoms with E-state index in [9.17, 15) is 0 Å². The third-order valence-corrected chi connectivity index (χ3v) is 11.3. The number of hydrogen-bond donors (Lipinski definition) is 0. The summed E-state index contributed by atoms with van der Waals surface area (Å²) in [5.74, 6) is 0. The SMILES string of the molecule is c1ccc(-c2ccc(-n3c4ccccc4c4cccc(N(c5cccc(-c6ccccc6)c5)c5ccc6c7ccccc7n(-c7ccccc7)c6c5)c43)cc2)cc1. The van der Waals surface area contributed by atoms with Crippen LogP contribution < -0.4 is 4.90 Å². The van der Waals surface area contributed by atoms with Gasteiger partial charge in [-0.25, -0.2) is 0 Å². The van der Waals surface area contributed by atoms with Crippen molar-refractivity contribution in [2.45, 2.75) is 0 Å². The molecule has 0 saturated carbocycles. The van der Waals surface area contributed by atoms with E-state index in [1.54, 1.807) is 0 Å². The largest absolute Gasteiger partial charge is 0.309 e. The second kappa shape index (κ2) is 13.6. The Hall–Kier alpha value is -7.62. The topological polar surface area (TPSA) is 13.1 Å². The molecular formula is C54H37N3. The lowest BCUT2D eigenvalue weighted by molar-refractivity contribution is 1.16. The van der Waals surface area contributed by atoms with E-state index in [0.29, 0.717) is 0 Å². The van der Waals surface area contributed by atoms with Crippen molar-refractivity contribution in [2.75, 3.05) is 4.90 Å². The second-order valence-corrected chi connectivity index (χ2v) is 14.6. The molecule has 2 heterocycles. The summed E-state index contributed by atoms with van der Waals surface area (Å²) < 4.78 is 4.85. The Labute approximate surface area is 331 Å². The van der Waals surface area contributed by atoms with Crippen LogP contribution in [-0.2, 0) is 0 Å². The molecule has 0 aliphatic rings. The highest BCUT2D eigenvalue weighted by atomic mass is 15.2. The molecular weight excluding hydrogens is 691 g/mol. The quantitative estimate of drug-likeness (QED) is 0.159. The average Bonchev–Trinajstić information content (AvgIpc) is 3.81. The van der Waals surface area contributed by atoms with Gasteiger partial charge in [-0.1, -0.05) is 158 Å². The van der Waals surface area contributed by atoms with Crippen molar-refractivity contribution in [3.63, 3.8) is 0 Å². The minimum absolute atomic E-state index is 1.08. The summed E-state index contributed by atoms with van der Waals surface area (Å²) in [6.45, 7) is 0. The number of para-hydroxylation sites is 4. The average molecular weight is 728 g/mol. The van der Waals surface area contributed by atoms with E-state index in [1.807, 2.05) is 0 Å². The van der Waals surface area contributed by atoms with Gasteiger partial charge in [0.1, 0.15) is 0 Å². The molecule has 0 amide bonds. The number of benzene rings is 9. The number of anilines is 3. The van der Waals surface area contributed by atoms with Gasteiger partial charge in [-0.3, -0.25) is 0 Å². The molecule has 11 rings (SSSR count). The highest BCUT2D eigenvalue weighted by Crippen LogP contribution is 2.45. The summed E-state index contributed by atoms with van der Waals surface area (Å²) in [4.78, 5) is 2.45. The van der Waals surface area contributed by atoms with Crippen LogP contribution in [0, 0.1) is 0 Å².